The number of hydrogen-bond acceptors (Lipinski definition) is 1. The predicted molar refractivity (Wildman–Crippen MR) is 71.9 cm³/mol. The fourth-order valence-electron chi connectivity index (χ4n) is 3.63. The second-order valence-electron chi connectivity index (χ2n) is 5.84. The first-order valence-corrected chi connectivity index (χ1v) is 7.14. The lowest BCUT2D eigenvalue weighted by atomic mass is 9.89. The van der Waals surface area contributed by atoms with E-state index in [1.54, 1.807) is 0 Å². The third-order valence-electron chi connectivity index (χ3n) is 4.61. The third kappa shape index (κ3) is 2.55. The molecule has 3 atom stereocenters. The van der Waals surface area contributed by atoms with Crippen LogP contribution < -0.4 is 5.32 Å². The summed E-state index contributed by atoms with van der Waals surface area (Å²) in [5.41, 5.74) is 1.49. The third-order valence-corrected chi connectivity index (χ3v) is 4.61. The highest BCUT2D eigenvalue weighted by molar-refractivity contribution is 5.16. The molecule has 2 fully saturated rings. The van der Waals surface area contributed by atoms with Gasteiger partial charge in [-0.05, 0) is 55.5 Å². The summed E-state index contributed by atoms with van der Waals surface area (Å²) < 4.78 is 0. The van der Waals surface area contributed by atoms with E-state index in [1.807, 2.05) is 0 Å². The molecular formula is C16H23N. The maximum absolute atomic E-state index is 3.71. The van der Waals surface area contributed by atoms with E-state index >= 15 is 0 Å². The minimum absolute atomic E-state index is 0.704. The SMILES string of the molecule is CCNC(Cc1ccccc1)C1CC2CC2C1. The Morgan fingerprint density at radius 2 is 1.82 bits per heavy atom. The van der Waals surface area contributed by atoms with Gasteiger partial charge in [0.1, 0.15) is 0 Å². The lowest BCUT2D eigenvalue weighted by Crippen LogP contribution is -2.37. The van der Waals surface area contributed by atoms with Crippen LogP contribution >= 0.6 is 0 Å². The lowest BCUT2D eigenvalue weighted by Gasteiger charge is -2.25. The summed E-state index contributed by atoms with van der Waals surface area (Å²) in [5.74, 6) is 3.12. The van der Waals surface area contributed by atoms with E-state index in [0.717, 1.165) is 24.3 Å². The molecule has 1 aromatic rings. The quantitative estimate of drug-likeness (QED) is 0.817. The van der Waals surface area contributed by atoms with Crippen molar-refractivity contribution in [2.45, 2.75) is 38.6 Å². The molecule has 1 heteroatoms. The first kappa shape index (κ1) is 11.3. The molecule has 0 saturated heterocycles. The van der Waals surface area contributed by atoms with Gasteiger partial charge in [-0.2, -0.15) is 0 Å². The highest BCUT2D eigenvalue weighted by Gasteiger charge is 2.47. The lowest BCUT2D eigenvalue weighted by molar-refractivity contribution is 0.337. The molecule has 0 bridgehead atoms. The van der Waals surface area contributed by atoms with Crippen molar-refractivity contribution in [1.29, 1.82) is 0 Å². The fraction of sp³-hybridized carbons (Fsp3) is 0.625. The van der Waals surface area contributed by atoms with E-state index in [2.05, 4.69) is 42.6 Å². The second kappa shape index (κ2) is 4.81. The van der Waals surface area contributed by atoms with Crippen molar-refractivity contribution in [1.82, 2.24) is 5.32 Å². The van der Waals surface area contributed by atoms with Gasteiger partial charge < -0.3 is 5.32 Å². The topological polar surface area (TPSA) is 12.0 Å². The van der Waals surface area contributed by atoms with Crippen molar-refractivity contribution < 1.29 is 0 Å². The summed E-state index contributed by atoms with van der Waals surface area (Å²) in [5, 5.41) is 3.71. The molecule has 3 unspecified atom stereocenters. The van der Waals surface area contributed by atoms with Crippen LogP contribution in [0.3, 0.4) is 0 Å². The van der Waals surface area contributed by atoms with Crippen molar-refractivity contribution in [3.05, 3.63) is 35.9 Å². The van der Waals surface area contributed by atoms with Gasteiger partial charge in [-0.1, -0.05) is 37.3 Å². The smallest absolute Gasteiger partial charge is 0.0136 e. The number of nitrogens with one attached hydrogen (secondary N) is 1. The van der Waals surface area contributed by atoms with Crippen LogP contribution in [0.25, 0.3) is 0 Å². The van der Waals surface area contributed by atoms with E-state index in [-0.39, 0.29) is 0 Å². The minimum atomic E-state index is 0.704. The van der Waals surface area contributed by atoms with Crippen molar-refractivity contribution in [3.8, 4) is 0 Å². The molecule has 1 N–H and O–H groups in total. The van der Waals surface area contributed by atoms with Crippen LogP contribution in [0.15, 0.2) is 30.3 Å². The highest BCUT2D eigenvalue weighted by Crippen LogP contribution is 2.55. The van der Waals surface area contributed by atoms with Crippen LogP contribution in [-0.2, 0) is 6.42 Å². The molecule has 2 saturated carbocycles. The van der Waals surface area contributed by atoms with Gasteiger partial charge in [-0.15, -0.1) is 0 Å². The first-order valence-electron chi connectivity index (χ1n) is 7.14. The normalized spacial score (nSPS) is 32.2. The van der Waals surface area contributed by atoms with Gasteiger partial charge in [0.15, 0.2) is 0 Å². The standard InChI is InChI=1S/C16H23N/c1-2-17-16(8-12-6-4-3-5-7-12)15-10-13-9-14(13)11-15/h3-7,13-17H,2,8-11H2,1H3. The van der Waals surface area contributed by atoms with Crippen molar-refractivity contribution in [3.63, 3.8) is 0 Å². The van der Waals surface area contributed by atoms with Gasteiger partial charge in [0, 0.05) is 6.04 Å². The van der Waals surface area contributed by atoms with E-state index in [0.29, 0.717) is 6.04 Å². The van der Waals surface area contributed by atoms with Gasteiger partial charge >= 0.3 is 0 Å². The summed E-state index contributed by atoms with van der Waals surface area (Å²) in [4.78, 5) is 0. The van der Waals surface area contributed by atoms with Crippen LogP contribution in [0.4, 0.5) is 0 Å². The van der Waals surface area contributed by atoms with Crippen molar-refractivity contribution in [2.24, 2.45) is 17.8 Å². The first-order chi connectivity index (χ1) is 8.36. The highest BCUT2D eigenvalue weighted by atomic mass is 14.9. The maximum atomic E-state index is 3.71. The van der Waals surface area contributed by atoms with Gasteiger partial charge in [0.25, 0.3) is 0 Å². The molecule has 1 aromatic carbocycles. The minimum Gasteiger partial charge on any atom is -0.314 e. The van der Waals surface area contributed by atoms with Crippen molar-refractivity contribution in [2.75, 3.05) is 6.54 Å². The maximum Gasteiger partial charge on any atom is 0.0136 e. The monoisotopic (exact) mass is 229 g/mol. The molecule has 2 aliphatic rings. The van der Waals surface area contributed by atoms with Gasteiger partial charge in [-0.25, -0.2) is 0 Å². The largest absolute Gasteiger partial charge is 0.314 e. The Bertz CT molecular complexity index is 349. The summed E-state index contributed by atoms with van der Waals surface area (Å²) in [6, 6.07) is 11.7. The van der Waals surface area contributed by atoms with Crippen LogP contribution in [0, 0.1) is 17.8 Å². The molecule has 0 aliphatic heterocycles. The average Bonchev–Trinajstić information content (AvgIpc) is 2.97. The van der Waals surface area contributed by atoms with E-state index in [1.165, 1.54) is 31.2 Å². The zero-order valence-electron chi connectivity index (χ0n) is 10.7. The fourth-order valence-corrected chi connectivity index (χ4v) is 3.63. The summed E-state index contributed by atoms with van der Waals surface area (Å²) >= 11 is 0. The second-order valence-corrected chi connectivity index (χ2v) is 5.84. The van der Waals surface area contributed by atoms with Crippen molar-refractivity contribution >= 4 is 0 Å². The number of fused-ring (bicyclic) bond motifs is 1. The number of benzene rings is 1. The van der Waals surface area contributed by atoms with Crippen LogP contribution in [0.2, 0.25) is 0 Å². The average molecular weight is 229 g/mol. The van der Waals surface area contributed by atoms with Crippen LogP contribution in [0.5, 0.6) is 0 Å². The number of likely N-dealkylation sites (N-methyl/N-ethyl adjacent to an activating group) is 1. The van der Waals surface area contributed by atoms with Gasteiger partial charge in [0.2, 0.25) is 0 Å². The number of hydrogen-bond donors (Lipinski definition) is 1. The van der Waals surface area contributed by atoms with E-state index in [9.17, 15) is 0 Å². The molecule has 3 rings (SSSR count). The predicted octanol–water partition coefficient (Wildman–Crippen LogP) is 3.25. The summed E-state index contributed by atoms with van der Waals surface area (Å²) in [7, 11) is 0. The molecule has 0 amide bonds. The molecule has 17 heavy (non-hydrogen) atoms. The molecule has 0 heterocycles. The molecular weight excluding hydrogens is 206 g/mol. The number of rotatable bonds is 5. The Balaban J connectivity index is 1.63. The van der Waals surface area contributed by atoms with Gasteiger partial charge in [0.05, 0.1) is 0 Å². The van der Waals surface area contributed by atoms with E-state index in [4.69, 9.17) is 0 Å². The molecule has 0 spiro atoms. The molecule has 92 valence electrons. The Kier molecular flexibility index (Phi) is 3.19. The molecule has 2 aliphatic carbocycles. The molecule has 0 radical (unpaired) electrons. The van der Waals surface area contributed by atoms with Gasteiger partial charge in [-0.3, -0.25) is 0 Å². The Morgan fingerprint density at radius 1 is 1.12 bits per heavy atom. The Hall–Kier alpha value is -0.820. The zero-order chi connectivity index (χ0) is 11.7. The molecule has 0 aromatic heterocycles. The van der Waals surface area contributed by atoms with Crippen LogP contribution in [0.1, 0.15) is 31.7 Å². The zero-order valence-corrected chi connectivity index (χ0v) is 10.7. The Morgan fingerprint density at radius 3 is 2.47 bits per heavy atom. The Labute approximate surface area is 105 Å². The van der Waals surface area contributed by atoms with Crippen LogP contribution in [-0.4, -0.2) is 12.6 Å². The summed E-state index contributed by atoms with van der Waals surface area (Å²) in [6.45, 7) is 3.33. The van der Waals surface area contributed by atoms with E-state index < -0.39 is 0 Å². The summed E-state index contributed by atoms with van der Waals surface area (Å²) in [6.07, 6.45) is 5.70. The molecule has 1 nitrogen and oxygen atoms in total.